The molecule has 0 saturated carbocycles. The zero-order valence-corrected chi connectivity index (χ0v) is 7.07. The molecule has 0 aliphatic rings. The lowest BCUT2D eigenvalue weighted by atomic mass is 10.5. The molecular formula is C8H9NSi. The molecule has 0 aliphatic carbocycles. The monoisotopic (exact) mass is 147 g/mol. The average molecular weight is 147 g/mol. The van der Waals surface area contributed by atoms with E-state index in [9.17, 15) is 0 Å². The van der Waals surface area contributed by atoms with Crippen molar-refractivity contribution in [3.63, 3.8) is 0 Å². The first-order valence-electron chi connectivity index (χ1n) is 3.21. The van der Waals surface area contributed by atoms with Crippen molar-refractivity contribution in [2.45, 2.75) is 6.55 Å². The Balaban J connectivity index is 2.88. The molecule has 2 heteroatoms. The van der Waals surface area contributed by atoms with Crippen LogP contribution >= 0.6 is 0 Å². The predicted octanol–water partition coefficient (Wildman–Crippen LogP) is 0.318. The van der Waals surface area contributed by atoms with E-state index in [2.05, 4.69) is 17.1 Å². The average Bonchev–Trinajstić information content (AvgIpc) is 2.05. The number of aromatic nitrogens is 1. The minimum absolute atomic E-state index is 1.10. The topological polar surface area (TPSA) is 12.9 Å². The van der Waals surface area contributed by atoms with E-state index in [0.717, 1.165) is 5.32 Å². The second-order valence-electron chi connectivity index (χ2n) is 2.14. The summed E-state index contributed by atoms with van der Waals surface area (Å²) in [5, 5.41) is 1.10. The summed E-state index contributed by atoms with van der Waals surface area (Å²) in [6, 6.07) is 5.88. The molecule has 1 atom stereocenters. The van der Waals surface area contributed by atoms with Gasteiger partial charge in [0.25, 0.3) is 0 Å². The van der Waals surface area contributed by atoms with E-state index < -0.39 is 8.80 Å². The summed E-state index contributed by atoms with van der Waals surface area (Å²) in [6.07, 6.45) is 7.06. The molecule has 1 aromatic rings. The van der Waals surface area contributed by atoms with Gasteiger partial charge in [-0.15, -0.1) is 12.0 Å². The molecule has 10 heavy (non-hydrogen) atoms. The molecule has 0 aromatic carbocycles. The number of pyridine rings is 1. The van der Waals surface area contributed by atoms with Crippen LogP contribution in [-0.4, -0.2) is 13.8 Å². The van der Waals surface area contributed by atoms with Gasteiger partial charge in [-0.1, -0.05) is 12.6 Å². The minimum Gasteiger partial charge on any atom is -0.265 e. The van der Waals surface area contributed by atoms with Crippen LogP contribution in [0, 0.1) is 12.0 Å². The number of hydrogen-bond acceptors (Lipinski definition) is 1. The summed E-state index contributed by atoms with van der Waals surface area (Å²) in [7, 11) is -1.12. The summed E-state index contributed by atoms with van der Waals surface area (Å²) < 4.78 is 0. The molecule has 50 valence electrons. The molecule has 0 radical (unpaired) electrons. The van der Waals surface area contributed by atoms with Crippen molar-refractivity contribution in [3.8, 4) is 12.0 Å². The lowest BCUT2D eigenvalue weighted by Crippen LogP contribution is -2.27. The molecule has 0 N–H and O–H groups in total. The molecule has 1 aromatic heterocycles. The van der Waals surface area contributed by atoms with E-state index in [0.29, 0.717) is 0 Å². The molecule has 1 unspecified atom stereocenters. The highest BCUT2D eigenvalue weighted by Gasteiger charge is 2.01. The number of rotatable bonds is 1. The van der Waals surface area contributed by atoms with Crippen LogP contribution in [0.4, 0.5) is 0 Å². The van der Waals surface area contributed by atoms with Crippen LogP contribution in [0.25, 0.3) is 0 Å². The Bertz CT molecular complexity index is 237. The summed E-state index contributed by atoms with van der Waals surface area (Å²) in [5.41, 5.74) is 2.76. The van der Waals surface area contributed by atoms with E-state index in [1.54, 1.807) is 6.20 Å². The summed E-state index contributed by atoms with van der Waals surface area (Å²) >= 11 is 0. The van der Waals surface area contributed by atoms with Crippen LogP contribution in [0.3, 0.4) is 0 Å². The Morgan fingerprint density at radius 1 is 1.60 bits per heavy atom. The number of hydrogen-bond donors (Lipinski definition) is 0. The zero-order chi connectivity index (χ0) is 7.40. The van der Waals surface area contributed by atoms with Crippen molar-refractivity contribution in [2.75, 3.05) is 0 Å². The van der Waals surface area contributed by atoms with Gasteiger partial charge in [-0.2, -0.15) is 0 Å². The Labute approximate surface area is 62.7 Å². The Morgan fingerprint density at radius 2 is 2.40 bits per heavy atom. The van der Waals surface area contributed by atoms with Crippen LogP contribution in [-0.2, 0) is 0 Å². The van der Waals surface area contributed by atoms with E-state index >= 15 is 0 Å². The largest absolute Gasteiger partial charge is 0.265 e. The zero-order valence-electron chi connectivity index (χ0n) is 5.91. The molecule has 1 nitrogen and oxygen atoms in total. The van der Waals surface area contributed by atoms with Gasteiger partial charge >= 0.3 is 0 Å². The van der Waals surface area contributed by atoms with Crippen molar-refractivity contribution in [1.82, 2.24) is 4.98 Å². The van der Waals surface area contributed by atoms with Crippen molar-refractivity contribution in [1.29, 1.82) is 0 Å². The van der Waals surface area contributed by atoms with Gasteiger partial charge in [-0.05, 0) is 12.1 Å². The van der Waals surface area contributed by atoms with Gasteiger partial charge in [0.15, 0.2) is 8.80 Å². The third-order valence-electron chi connectivity index (χ3n) is 1.38. The molecule has 1 heterocycles. The predicted molar refractivity (Wildman–Crippen MR) is 45.7 cm³/mol. The smallest absolute Gasteiger partial charge is 0.172 e. The van der Waals surface area contributed by atoms with Crippen LogP contribution in [0.5, 0.6) is 0 Å². The fraction of sp³-hybridized carbons (Fsp3) is 0.125. The van der Waals surface area contributed by atoms with Crippen molar-refractivity contribution in [2.24, 2.45) is 0 Å². The van der Waals surface area contributed by atoms with Crippen LogP contribution in [0.15, 0.2) is 24.4 Å². The van der Waals surface area contributed by atoms with Crippen LogP contribution < -0.4 is 5.32 Å². The molecule has 1 rings (SSSR count). The second-order valence-corrected chi connectivity index (χ2v) is 4.51. The van der Waals surface area contributed by atoms with Crippen molar-refractivity contribution < 1.29 is 0 Å². The second kappa shape index (κ2) is 3.19. The third-order valence-corrected chi connectivity index (χ3v) is 3.11. The van der Waals surface area contributed by atoms with Gasteiger partial charge in [0.1, 0.15) is 0 Å². The van der Waals surface area contributed by atoms with Crippen LogP contribution in [0.1, 0.15) is 0 Å². The van der Waals surface area contributed by atoms with Crippen LogP contribution in [0.2, 0.25) is 6.55 Å². The molecule has 0 bridgehead atoms. The standard InChI is InChI=1S/C8H9NSi/c1-3-10(2)8-6-4-5-7-9-8/h1,4-7,10H,2H3. The maximum Gasteiger partial charge on any atom is 0.172 e. The van der Waals surface area contributed by atoms with Gasteiger partial charge in [-0.3, -0.25) is 4.98 Å². The Kier molecular flexibility index (Phi) is 2.24. The van der Waals surface area contributed by atoms with E-state index in [-0.39, 0.29) is 0 Å². The van der Waals surface area contributed by atoms with Gasteiger partial charge in [-0.25, -0.2) is 0 Å². The van der Waals surface area contributed by atoms with Gasteiger partial charge in [0.05, 0.1) is 0 Å². The maximum atomic E-state index is 5.28. The van der Waals surface area contributed by atoms with Crippen molar-refractivity contribution in [3.05, 3.63) is 24.4 Å². The van der Waals surface area contributed by atoms with Gasteiger partial charge in [0.2, 0.25) is 0 Å². The quantitative estimate of drug-likeness (QED) is 0.412. The fourth-order valence-corrected chi connectivity index (χ4v) is 1.60. The SMILES string of the molecule is C#C[SiH](C)c1ccccn1. The minimum atomic E-state index is -1.12. The van der Waals surface area contributed by atoms with E-state index in [4.69, 9.17) is 6.42 Å². The normalized spacial score (nSPS) is 12.0. The maximum absolute atomic E-state index is 5.28. The first-order valence-corrected chi connectivity index (χ1v) is 5.52. The first kappa shape index (κ1) is 7.04. The Morgan fingerprint density at radius 3 is 2.90 bits per heavy atom. The number of nitrogens with zero attached hydrogens (tertiary/aromatic N) is 1. The highest BCUT2D eigenvalue weighted by molar-refractivity contribution is 6.78. The lowest BCUT2D eigenvalue weighted by Gasteiger charge is -1.97. The summed E-state index contributed by atoms with van der Waals surface area (Å²) in [5.74, 6) is 0. The highest BCUT2D eigenvalue weighted by Crippen LogP contribution is 1.81. The molecule has 0 fully saturated rings. The fourth-order valence-electron chi connectivity index (χ4n) is 0.717. The molecule has 0 saturated heterocycles. The number of terminal acetylenes is 1. The van der Waals surface area contributed by atoms with Gasteiger partial charge < -0.3 is 0 Å². The molecule has 0 spiro atoms. The third kappa shape index (κ3) is 1.46. The molecular weight excluding hydrogens is 138 g/mol. The summed E-state index contributed by atoms with van der Waals surface area (Å²) in [6.45, 7) is 2.10. The first-order chi connectivity index (χ1) is 4.84. The molecule has 0 aliphatic heterocycles. The molecule has 0 amide bonds. The van der Waals surface area contributed by atoms with E-state index in [1.165, 1.54) is 0 Å². The van der Waals surface area contributed by atoms with E-state index in [1.807, 2.05) is 18.2 Å². The highest BCUT2D eigenvalue weighted by atomic mass is 28.3. The van der Waals surface area contributed by atoms with Gasteiger partial charge in [0, 0.05) is 11.5 Å². The summed E-state index contributed by atoms with van der Waals surface area (Å²) in [4.78, 5) is 4.17. The lowest BCUT2D eigenvalue weighted by molar-refractivity contribution is 1.38. The Hall–Kier alpha value is -1.07. The van der Waals surface area contributed by atoms with Crippen molar-refractivity contribution >= 4 is 14.1 Å².